The average Bonchev–Trinajstić information content (AvgIpc) is 3.23. The van der Waals surface area contributed by atoms with Gasteiger partial charge in [0.15, 0.2) is 0 Å². The highest BCUT2D eigenvalue weighted by atomic mass is 19.1. The number of halogens is 1. The molecule has 0 bridgehead atoms. The smallest absolute Gasteiger partial charge is 0.228 e. The third kappa shape index (κ3) is 4.80. The minimum atomic E-state index is -0.399. The summed E-state index contributed by atoms with van der Waals surface area (Å²) >= 11 is 0. The predicted molar refractivity (Wildman–Crippen MR) is 82.8 cm³/mol. The molecule has 5 nitrogen and oxygen atoms in total. The van der Waals surface area contributed by atoms with Crippen molar-refractivity contribution in [2.24, 2.45) is 11.8 Å². The van der Waals surface area contributed by atoms with Crippen LogP contribution in [0.3, 0.4) is 0 Å². The Balaban J connectivity index is 1.72. The Kier molecular flexibility index (Phi) is 5.49. The number of carbonyl (C=O) groups is 2. The average molecular weight is 307 g/mol. The van der Waals surface area contributed by atoms with Crippen LogP contribution in [0.25, 0.3) is 0 Å². The first-order chi connectivity index (χ1) is 10.5. The Morgan fingerprint density at radius 2 is 2.00 bits per heavy atom. The van der Waals surface area contributed by atoms with Gasteiger partial charge >= 0.3 is 0 Å². The Bertz CT molecular complexity index is 548. The Hall–Kier alpha value is -1.95. The number of hydrogen-bond acceptors (Lipinski definition) is 3. The molecule has 1 aromatic rings. The molecule has 0 radical (unpaired) electrons. The van der Waals surface area contributed by atoms with Crippen molar-refractivity contribution in [3.63, 3.8) is 0 Å². The van der Waals surface area contributed by atoms with E-state index < -0.39 is 5.82 Å². The molecule has 2 unspecified atom stereocenters. The SMILES string of the molecule is CN(C)CCCNC(=O)C1CC1C(=O)Nc1cccc(F)c1. The second-order valence-corrected chi connectivity index (χ2v) is 5.90. The summed E-state index contributed by atoms with van der Waals surface area (Å²) in [5.74, 6) is -1.26. The third-order valence-corrected chi connectivity index (χ3v) is 3.64. The van der Waals surface area contributed by atoms with Crippen LogP contribution in [0.5, 0.6) is 0 Å². The molecule has 22 heavy (non-hydrogen) atoms. The van der Waals surface area contributed by atoms with E-state index in [2.05, 4.69) is 15.5 Å². The summed E-state index contributed by atoms with van der Waals surface area (Å²) in [5, 5.41) is 5.50. The monoisotopic (exact) mass is 307 g/mol. The van der Waals surface area contributed by atoms with Crippen LogP contribution in [-0.4, -0.2) is 43.9 Å². The van der Waals surface area contributed by atoms with E-state index in [0.29, 0.717) is 18.7 Å². The molecule has 2 amide bonds. The van der Waals surface area contributed by atoms with Crippen molar-refractivity contribution < 1.29 is 14.0 Å². The predicted octanol–water partition coefficient (Wildman–Crippen LogP) is 1.47. The van der Waals surface area contributed by atoms with Gasteiger partial charge in [-0.2, -0.15) is 0 Å². The summed E-state index contributed by atoms with van der Waals surface area (Å²) < 4.78 is 13.1. The largest absolute Gasteiger partial charge is 0.356 e. The van der Waals surface area contributed by atoms with Gasteiger partial charge in [-0.15, -0.1) is 0 Å². The standard InChI is InChI=1S/C16H22FN3O2/c1-20(2)8-4-7-18-15(21)13-10-14(13)16(22)19-12-6-3-5-11(17)9-12/h3,5-6,9,13-14H,4,7-8,10H2,1-2H3,(H,18,21)(H,19,22). The molecule has 1 fully saturated rings. The summed E-state index contributed by atoms with van der Waals surface area (Å²) in [5.41, 5.74) is 0.419. The first kappa shape index (κ1) is 16.4. The van der Waals surface area contributed by atoms with E-state index in [1.54, 1.807) is 6.07 Å². The molecule has 0 spiro atoms. The van der Waals surface area contributed by atoms with Crippen LogP contribution in [0, 0.1) is 17.7 Å². The summed E-state index contributed by atoms with van der Waals surface area (Å²) in [6.45, 7) is 1.53. The van der Waals surface area contributed by atoms with Crippen molar-refractivity contribution in [1.82, 2.24) is 10.2 Å². The molecular weight excluding hydrogens is 285 g/mol. The van der Waals surface area contributed by atoms with Gasteiger partial charge in [0, 0.05) is 12.2 Å². The summed E-state index contributed by atoms with van der Waals surface area (Å²) in [6, 6.07) is 5.74. The molecule has 0 heterocycles. The lowest BCUT2D eigenvalue weighted by Crippen LogP contribution is -2.30. The molecule has 6 heteroatoms. The van der Waals surface area contributed by atoms with Gasteiger partial charge in [0.25, 0.3) is 0 Å². The van der Waals surface area contributed by atoms with Crippen LogP contribution in [-0.2, 0) is 9.59 Å². The van der Waals surface area contributed by atoms with Crippen LogP contribution >= 0.6 is 0 Å². The Labute approximate surface area is 129 Å². The minimum absolute atomic E-state index is 0.0712. The van der Waals surface area contributed by atoms with E-state index in [9.17, 15) is 14.0 Å². The first-order valence-corrected chi connectivity index (χ1v) is 7.46. The maximum absolute atomic E-state index is 13.1. The number of anilines is 1. The zero-order valence-electron chi connectivity index (χ0n) is 12.9. The molecule has 0 aliphatic heterocycles. The third-order valence-electron chi connectivity index (χ3n) is 3.64. The van der Waals surface area contributed by atoms with Crippen molar-refractivity contribution in [1.29, 1.82) is 0 Å². The molecule has 0 aromatic heterocycles. The number of nitrogens with zero attached hydrogens (tertiary/aromatic N) is 1. The minimum Gasteiger partial charge on any atom is -0.356 e. The quantitative estimate of drug-likeness (QED) is 0.750. The van der Waals surface area contributed by atoms with Gasteiger partial charge in [-0.3, -0.25) is 9.59 Å². The van der Waals surface area contributed by atoms with E-state index in [1.165, 1.54) is 18.2 Å². The van der Waals surface area contributed by atoms with Crippen molar-refractivity contribution in [2.75, 3.05) is 32.5 Å². The number of rotatable bonds is 7. The normalized spacial score (nSPS) is 19.8. The molecule has 1 saturated carbocycles. The first-order valence-electron chi connectivity index (χ1n) is 7.46. The van der Waals surface area contributed by atoms with E-state index in [4.69, 9.17) is 0 Å². The topological polar surface area (TPSA) is 61.4 Å². The molecule has 2 N–H and O–H groups in total. The summed E-state index contributed by atoms with van der Waals surface area (Å²) in [7, 11) is 3.96. The number of benzene rings is 1. The molecule has 1 aromatic carbocycles. The zero-order valence-corrected chi connectivity index (χ0v) is 12.9. The van der Waals surface area contributed by atoms with Gasteiger partial charge in [-0.05, 0) is 51.7 Å². The fraction of sp³-hybridized carbons (Fsp3) is 0.500. The van der Waals surface area contributed by atoms with E-state index >= 15 is 0 Å². The van der Waals surface area contributed by atoms with E-state index in [-0.39, 0.29) is 23.7 Å². The van der Waals surface area contributed by atoms with Gasteiger partial charge < -0.3 is 15.5 Å². The van der Waals surface area contributed by atoms with Gasteiger partial charge in [0.2, 0.25) is 11.8 Å². The Morgan fingerprint density at radius 1 is 1.27 bits per heavy atom. The lowest BCUT2D eigenvalue weighted by molar-refractivity contribution is -0.125. The molecule has 2 rings (SSSR count). The zero-order chi connectivity index (χ0) is 16.1. The maximum Gasteiger partial charge on any atom is 0.228 e. The van der Waals surface area contributed by atoms with E-state index in [0.717, 1.165) is 13.0 Å². The van der Waals surface area contributed by atoms with Gasteiger partial charge in [0.05, 0.1) is 11.8 Å². The molecule has 120 valence electrons. The summed E-state index contributed by atoms with van der Waals surface area (Å²) in [4.78, 5) is 26.0. The number of amides is 2. The fourth-order valence-electron chi connectivity index (χ4n) is 2.31. The lowest BCUT2D eigenvalue weighted by atomic mass is 10.2. The number of carbonyl (C=O) groups excluding carboxylic acids is 2. The second kappa shape index (κ2) is 7.35. The van der Waals surface area contributed by atoms with Crippen molar-refractivity contribution in [3.8, 4) is 0 Å². The van der Waals surface area contributed by atoms with Gasteiger partial charge in [-0.25, -0.2) is 4.39 Å². The molecule has 0 saturated heterocycles. The van der Waals surface area contributed by atoms with Gasteiger partial charge in [0.1, 0.15) is 5.82 Å². The maximum atomic E-state index is 13.1. The highest BCUT2D eigenvalue weighted by Crippen LogP contribution is 2.39. The van der Waals surface area contributed by atoms with Crippen LogP contribution in [0.2, 0.25) is 0 Å². The van der Waals surface area contributed by atoms with Crippen LogP contribution in [0.1, 0.15) is 12.8 Å². The van der Waals surface area contributed by atoms with Crippen LogP contribution in [0.15, 0.2) is 24.3 Å². The molecule has 1 aliphatic carbocycles. The highest BCUT2D eigenvalue weighted by molar-refractivity contribution is 5.99. The Morgan fingerprint density at radius 3 is 2.68 bits per heavy atom. The fourth-order valence-corrected chi connectivity index (χ4v) is 2.31. The highest BCUT2D eigenvalue weighted by Gasteiger charge is 2.47. The van der Waals surface area contributed by atoms with Gasteiger partial charge in [-0.1, -0.05) is 6.07 Å². The number of hydrogen-bond donors (Lipinski definition) is 2. The van der Waals surface area contributed by atoms with E-state index in [1.807, 2.05) is 14.1 Å². The van der Waals surface area contributed by atoms with Crippen LogP contribution < -0.4 is 10.6 Å². The lowest BCUT2D eigenvalue weighted by Gasteiger charge is -2.10. The molecule has 1 aliphatic rings. The number of nitrogens with one attached hydrogen (secondary N) is 2. The summed E-state index contributed by atoms with van der Waals surface area (Å²) in [6.07, 6.45) is 1.44. The van der Waals surface area contributed by atoms with Crippen molar-refractivity contribution in [3.05, 3.63) is 30.1 Å². The van der Waals surface area contributed by atoms with Crippen molar-refractivity contribution in [2.45, 2.75) is 12.8 Å². The van der Waals surface area contributed by atoms with Crippen molar-refractivity contribution >= 4 is 17.5 Å². The molecular formula is C16H22FN3O2. The van der Waals surface area contributed by atoms with Crippen LogP contribution in [0.4, 0.5) is 10.1 Å². The second-order valence-electron chi connectivity index (χ2n) is 5.90. The molecule has 2 atom stereocenters.